The van der Waals surface area contributed by atoms with Gasteiger partial charge >= 0.3 is 0 Å². The van der Waals surface area contributed by atoms with Gasteiger partial charge in [-0.15, -0.1) is 0 Å². The van der Waals surface area contributed by atoms with E-state index in [0.29, 0.717) is 41.4 Å². The number of nitrogens with two attached hydrogens (primary N) is 1. The van der Waals surface area contributed by atoms with Crippen LogP contribution in [-0.4, -0.2) is 18.6 Å². The number of ether oxygens (including phenoxy) is 1. The third-order valence-corrected chi connectivity index (χ3v) is 4.22. The molecule has 2 rings (SSSR count). The van der Waals surface area contributed by atoms with E-state index >= 15 is 0 Å². The van der Waals surface area contributed by atoms with E-state index in [-0.39, 0.29) is 5.91 Å². The molecule has 0 saturated heterocycles. The summed E-state index contributed by atoms with van der Waals surface area (Å²) in [6.07, 6.45) is 5.45. The normalized spacial score (nSPS) is 22.0. The highest BCUT2D eigenvalue weighted by Crippen LogP contribution is 2.26. The summed E-state index contributed by atoms with van der Waals surface area (Å²) in [7, 11) is 0. The van der Waals surface area contributed by atoms with Gasteiger partial charge < -0.3 is 15.8 Å². The standard InChI is InChI=1S/C16H23ClN2O2/c1-11-4-2-3-5-15(11)21-9-8-16(20)19-14-10-12(17)6-7-13(14)18/h6-7,10-11,15H,2-5,8-9,18H2,1H3,(H,19,20). The Balaban J connectivity index is 1.75. The number of nitrogen functional groups attached to an aromatic ring is 1. The summed E-state index contributed by atoms with van der Waals surface area (Å²) in [4.78, 5) is 11.9. The van der Waals surface area contributed by atoms with Crippen LogP contribution < -0.4 is 11.1 Å². The van der Waals surface area contributed by atoms with Gasteiger partial charge in [0.25, 0.3) is 0 Å². The number of rotatable bonds is 5. The van der Waals surface area contributed by atoms with Crippen molar-refractivity contribution < 1.29 is 9.53 Å². The fraction of sp³-hybridized carbons (Fsp3) is 0.562. The molecule has 0 aliphatic heterocycles. The number of halogens is 1. The fourth-order valence-corrected chi connectivity index (χ4v) is 2.85. The van der Waals surface area contributed by atoms with E-state index in [9.17, 15) is 4.79 Å². The monoisotopic (exact) mass is 310 g/mol. The Morgan fingerprint density at radius 3 is 2.95 bits per heavy atom. The summed E-state index contributed by atoms with van der Waals surface area (Å²) in [5.41, 5.74) is 6.86. The first-order valence-corrected chi connectivity index (χ1v) is 7.90. The van der Waals surface area contributed by atoms with Crippen molar-refractivity contribution in [2.45, 2.75) is 45.1 Å². The van der Waals surface area contributed by atoms with Gasteiger partial charge in [0.2, 0.25) is 5.91 Å². The van der Waals surface area contributed by atoms with Crippen LogP contribution >= 0.6 is 11.6 Å². The van der Waals surface area contributed by atoms with Crippen LogP contribution in [0.5, 0.6) is 0 Å². The zero-order valence-corrected chi connectivity index (χ0v) is 13.2. The van der Waals surface area contributed by atoms with Crippen LogP contribution in [-0.2, 0) is 9.53 Å². The topological polar surface area (TPSA) is 64.3 Å². The average Bonchev–Trinajstić information content (AvgIpc) is 2.45. The summed E-state index contributed by atoms with van der Waals surface area (Å²) in [5, 5.41) is 3.32. The number of benzene rings is 1. The van der Waals surface area contributed by atoms with E-state index in [1.54, 1.807) is 18.2 Å². The molecule has 1 fully saturated rings. The predicted molar refractivity (Wildman–Crippen MR) is 86.5 cm³/mol. The van der Waals surface area contributed by atoms with Gasteiger partial charge in [0.05, 0.1) is 30.5 Å². The van der Waals surface area contributed by atoms with Gasteiger partial charge in [-0.2, -0.15) is 0 Å². The minimum Gasteiger partial charge on any atom is -0.397 e. The van der Waals surface area contributed by atoms with Crippen LogP contribution in [0.4, 0.5) is 11.4 Å². The van der Waals surface area contributed by atoms with Crippen molar-refractivity contribution in [1.29, 1.82) is 0 Å². The number of hydrogen-bond donors (Lipinski definition) is 2. The Morgan fingerprint density at radius 1 is 1.43 bits per heavy atom. The first kappa shape index (κ1) is 16.1. The van der Waals surface area contributed by atoms with Crippen LogP contribution in [0.1, 0.15) is 39.0 Å². The highest BCUT2D eigenvalue weighted by molar-refractivity contribution is 6.31. The van der Waals surface area contributed by atoms with Crippen molar-refractivity contribution in [3.05, 3.63) is 23.2 Å². The summed E-state index contributed by atoms with van der Waals surface area (Å²) < 4.78 is 5.84. The second kappa shape index (κ2) is 7.66. The average molecular weight is 311 g/mol. The highest BCUT2D eigenvalue weighted by Gasteiger charge is 2.21. The zero-order chi connectivity index (χ0) is 15.2. The van der Waals surface area contributed by atoms with Crippen LogP contribution in [0, 0.1) is 5.92 Å². The molecule has 2 unspecified atom stereocenters. The van der Waals surface area contributed by atoms with Crippen molar-refractivity contribution in [3.63, 3.8) is 0 Å². The Hall–Kier alpha value is -1.26. The molecule has 2 atom stereocenters. The van der Waals surface area contributed by atoms with E-state index in [2.05, 4.69) is 12.2 Å². The van der Waals surface area contributed by atoms with Crippen LogP contribution in [0.3, 0.4) is 0 Å². The molecular formula is C16H23ClN2O2. The molecule has 1 aromatic carbocycles. The van der Waals surface area contributed by atoms with Crippen molar-refractivity contribution in [3.8, 4) is 0 Å². The molecule has 0 bridgehead atoms. The Kier molecular flexibility index (Phi) is 5.88. The van der Waals surface area contributed by atoms with Crippen molar-refractivity contribution in [2.24, 2.45) is 5.92 Å². The van der Waals surface area contributed by atoms with E-state index in [1.807, 2.05) is 0 Å². The molecule has 1 aromatic rings. The number of nitrogens with one attached hydrogen (secondary N) is 1. The largest absolute Gasteiger partial charge is 0.397 e. The van der Waals surface area contributed by atoms with Crippen LogP contribution in [0.2, 0.25) is 5.02 Å². The number of carbonyl (C=O) groups excluding carboxylic acids is 1. The van der Waals surface area contributed by atoms with Gasteiger partial charge in [0.1, 0.15) is 0 Å². The van der Waals surface area contributed by atoms with Crippen LogP contribution in [0.25, 0.3) is 0 Å². The fourth-order valence-electron chi connectivity index (χ4n) is 2.68. The number of amides is 1. The first-order valence-electron chi connectivity index (χ1n) is 7.52. The first-order chi connectivity index (χ1) is 10.1. The van der Waals surface area contributed by atoms with Crippen LogP contribution in [0.15, 0.2) is 18.2 Å². The maximum atomic E-state index is 11.9. The van der Waals surface area contributed by atoms with E-state index in [1.165, 1.54) is 19.3 Å². The molecule has 0 radical (unpaired) electrons. The third kappa shape index (κ3) is 4.90. The molecule has 1 amide bonds. The SMILES string of the molecule is CC1CCCCC1OCCC(=O)Nc1cc(Cl)ccc1N. The van der Waals surface area contributed by atoms with Crippen molar-refractivity contribution >= 4 is 28.9 Å². The van der Waals surface area contributed by atoms with Gasteiger partial charge in [-0.25, -0.2) is 0 Å². The lowest BCUT2D eigenvalue weighted by Crippen LogP contribution is -2.27. The molecule has 116 valence electrons. The smallest absolute Gasteiger partial charge is 0.226 e. The van der Waals surface area contributed by atoms with Gasteiger partial charge in [0.15, 0.2) is 0 Å². The van der Waals surface area contributed by atoms with E-state index < -0.39 is 0 Å². The minimum absolute atomic E-state index is 0.104. The summed E-state index contributed by atoms with van der Waals surface area (Å²) in [6, 6.07) is 5.02. The zero-order valence-electron chi connectivity index (χ0n) is 12.4. The third-order valence-electron chi connectivity index (χ3n) is 3.98. The van der Waals surface area contributed by atoms with Gasteiger partial charge in [-0.05, 0) is 37.0 Å². The molecule has 1 aliphatic carbocycles. The minimum atomic E-state index is -0.104. The lowest BCUT2D eigenvalue weighted by Gasteiger charge is -2.28. The quantitative estimate of drug-likeness (QED) is 0.812. The van der Waals surface area contributed by atoms with Gasteiger partial charge in [-0.1, -0.05) is 31.4 Å². The Morgan fingerprint density at radius 2 is 2.19 bits per heavy atom. The molecule has 4 nitrogen and oxygen atoms in total. The van der Waals surface area contributed by atoms with E-state index in [0.717, 1.165) is 6.42 Å². The lowest BCUT2D eigenvalue weighted by molar-refractivity contribution is -0.118. The summed E-state index contributed by atoms with van der Waals surface area (Å²) >= 11 is 5.89. The van der Waals surface area contributed by atoms with Crippen molar-refractivity contribution in [1.82, 2.24) is 0 Å². The van der Waals surface area contributed by atoms with Gasteiger partial charge in [-0.3, -0.25) is 4.79 Å². The second-order valence-electron chi connectivity index (χ2n) is 5.70. The molecule has 0 spiro atoms. The highest BCUT2D eigenvalue weighted by atomic mass is 35.5. The van der Waals surface area contributed by atoms with Gasteiger partial charge in [0, 0.05) is 5.02 Å². The molecular weight excluding hydrogens is 288 g/mol. The molecule has 1 saturated carbocycles. The number of carbonyl (C=O) groups is 1. The molecule has 1 aliphatic rings. The summed E-state index contributed by atoms with van der Waals surface area (Å²) in [6.45, 7) is 2.66. The summed E-state index contributed by atoms with van der Waals surface area (Å²) in [5.74, 6) is 0.484. The molecule has 5 heteroatoms. The second-order valence-corrected chi connectivity index (χ2v) is 6.14. The number of hydrogen-bond acceptors (Lipinski definition) is 3. The molecule has 21 heavy (non-hydrogen) atoms. The molecule has 0 heterocycles. The maximum Gasteiger partial charge on any atom is 0.226 e. The Bertz CT molecular complexity index is 493. The number of anilines is 2. The molecule has 0 aromatic heterocycles. The predicted octanol–water partition coefficient (Wildman–Crippen LogP) is 3.85. The lowest BCUT2D eigenvalue weighted by atomic mass is 9.88. The molecule has 3 N–H and O–H groups in total. The van der Waals surface area contributed by atoms with Crippen molar-refractivity contribution in [2.75, 3.05) is 17.7 Å². The Labute approximate surface area is 131 Å². The maximum absolute atomic E-state index is 11.9. The van der Waals surface area contributed by atoms with E-state index in [4.69, 9.17) is 22.1 Å².